The fourth-order valence-electron chi connectivity index (χ4n) is 2.63. The van der Waals surface area contributed by atoms with E-state index in [0.717, 1.165) is 16.1 Å². The van der Waals surface area contributed by atoms with Gasteiger partial charge in [0, 0.05) is 12.1 Å². The van der Waals surface area contributed by atoms with E-state index in [4.69, 9.17) is 9.47 Å². The number of hydrogen-bond donors (Lipinski definition) is 1. The molecule has 156 valence electrons. The zero-order chi connectivity index (χ0) is 21.4. The van der Waals surface area contributed by atoms with Crippen LogP contribution in [-0.2, 0) is 30.9 Å². The number of rotatable bonds is 9. The summed E-state index contributed by atoms with van der Waals surface area (Å²) in [5, 5.41) is 2.63. The molecule has 0 heterocycles. The molecule has 2 rings (SSSR count). The third-order valence-electron chi connectivity index (χ3n) is 4.09. The van der Waals surface area contributed by atoms with Gasteiger partial charge in [0.1, 0.15) is 12.3 Å². The third kappa shape index (κ3) is 6.49. The molecule has 1 amide bonds. The van der Waals surface area contributed by atoms with Crippen LogP contribution in [-0.4, -0.2) is 46.8 Å². The van der Waals surface area contributed by atoms with Gasteiger partial charge in [-0.15, -0.1) is 0 Å². The van der Waals surface area contributed by atoms with Crippen molar-refractivity contribution in [3.63, 3.8) is 0 Å². The van der Waals surface area contributed by atoms with E-state index < -0.39 is 35.1 Å². The first kappa shape index (κ1) is 22.2. The Bertz CT molecular complexity index is 974. The molecule has 0 atom stereocenters. The number of nitrogens with zero attached hydrogens (tertiary/aromatic N) is 1. The minimum Gasteiger partial charge on any atom is -0.496 e. The number of nitrogens with one attached hydrogen (secondary N) is 1. The van der Waals surface area contributed by atoms with E-state index in [1.807, 2.05) is 12.1 Å². The SMILES string of the molecule is COc1ccccc1CNC(=O)COC(=O)CN(c1ccccc1C)S(C)(=O)=O. The Morgan fingerprint density at radius 1 is 1.07 bits per heavy atom. The smallest absolute Gasteiger partial charge is 0.327 e. The Kier molecular flexibility index (Phi) is 7.60. The summed E-state index contributed by atoms with van der Waals surface area (Å²) in [6.07, 6.45) is 1.01. The van der Waals surface area contributed by atoms with Crippen molar-refractivity contribution in [1.82, 2.24) is 5.32 Å². The van der Waals surface area contributed by atoms with Crippen LogP contribution in [0.3, 0.4) is 0 Å². The molecule has 0 unspecified atom stereocenters. The molecule has 8 nitrogen and oxygen atoms in total. The second-order valence-electron chi connectivity index (χ2n) is 6.31. The minimum atomic E-state index is -3.71. The number of amides is 1. The molecule has 0 fully saturated rings. The summed E-state index contributed by atoms with van der Waals surface area (Å²) < 4.78 is 35.3. The summed E-state index contributed by atoms with van der Waals surface area (Å²) in [5.41, 5.74) is 1.85. The number of hydrogen-bond acceptors (Lipinski definition) is 6. The first-order valence-electron chi connectivity index (χ1n) is 8.80. The summed E-state index contributed by atoms with van der Waals surface area (Å²) in [6.45, 7) is 0.909. The topological polar surface area (TPSA) is 102 Å². The highest BCUT2D eigenvalue weighted by Gasteiger charge is 2.23. The quantitative estimate of drug-likeness (QED) is 0.619. The van der Waals surface area contributed by atoms with Crippen LogP contribution in [0.5, 0.6) is 5.75 Å². The molecule has 0 aliphatic heterocycles. The van der Waals surface area contributed by atoms with E-state index in [1.54, 1.807) is 43.3 Å². The average Bonchev–Trinajstić information content (AvgIpc) is 2.69. The van der Waals surface area contributed by atoms with Gasteiger partial charge in [0.2, 0.25) is 10.0 Å². The lowest BCUT2D eigenvalue weighted by Gasteiger charge is -2.23. The van der Waals surface area contributed by atoms with Crippen molar-refractivity contribution < 1.29 is 27.5 Å². The highest BCUT2D eigenvalue weighted by molar-refractivity contribution is 7.92. The molecule has 0 aliphatic rings. The lowest BCUT2D eigenvalue weighted by atomic mass is 10.2. The molecule has 2 aromatic carbocycles. The molecule has 0 aromatic heterocycles. The van der Waals surface area contributed by atoms with Gasteiger partial charge in [-0.3, -0.25) is 13.9 Å². The van der Waals surface area contributed by atoms with Gasteiger partial charge in [-0.1, -0.05) is 36.4 Å². The summed E-state index contributed by atoms with van der Waals surface area (Å²) in [4.78, 5) is 24.1. The minimum absolute atomic E-state index is 0.207. The van der Waals surface area contributed by atoms with Crippen molar-refractivity contribution >= 4 is 27.6 Å². The molecular formula is C20H24N2O6S. The fraction of sp³-hybridized carbons (Fsp3) is 0.300. The molecule has 29 heavy (non-hydrogen) atoms. The number of anilines is 1. The molecule has 0 aliphatic carbocycles. The highest BCUT2D eigenvalue weighted by Crippen LogP contribution is 2.21. The summed E-state index contributed by atoms with van der Waals surface area (Å²) in [6, 6.07) is 14.0. The van der Waals surface area contributed by atoms with E-state index in [-0.39, 0.29) is 6.54 Å². The van der Waals surface area contributed by atoms with Crippen molar-refractivity contribution in [2.75, 3.05) is 30.8 Å². The molecule has 9 heteroatoms. The summed E-state index contributed by atoms with van der Waals surface area (Å²) in [5.74, 6) is -0.705. The Morgan fingerprint density at radius 2 is 1.72 bits per heavy atom. The normalized spacial score (nSPS) is 10.9. The number of para-hydroxylation sites is 2. The van der Waals surface area contributed by atoms with Crippen LogP contribution in [0.1, 0.15) is 11.1 Å². The predicted octanol–water partition coefficient (Wildman–Crippen LogP) is 1.63. The van der Waals surface area contributed by atoms with Gasteiger partial charge < -0.3 is 14.8 Å². The van der Waals surface area contributed by atoms with Gasteiger partial charge in [-0.25, -0.2) is 8.42 Å². The van der Waals surface area contributed by atoms with Crippen LogP contribution in [0.15, 0.2) is 48.5 Å². The molecule has 0 spiro atoms. The van der Waals surface area contributed by atoms with Gasteiger partial charge in [-0.05, 0) is 24.6 Å². The second kappa shape index (κ2) is 9.92. The number of esters is 1. The number of benzene rings is 2. The largest absolute Gasteiger partial charge is 0.496 e. The Balaban J connectivity index is 1.92. The molecule has 2 aromatic rings. The Labute approximate surface area is 170 Å². The van der Waals surface area contributed by atoms with Crippen LogP contribution in [0.4, 0.5) is 5.69 Å². The van der Waals surface area contributed by atoms with Gasteiger partial charge in [0.05, 0.1) is 19.1 Å². The highest BCUT2D eigenvalue weighted by atomic mass is 32.2. The maximum atomic E-state index is 12.1. The van der Waals surface area contributed by atoms with E-state index in [1.165, 1.54) is 7.11 Å². The van der Waals surface area contributed by atoms with Gasteiger partial charge in [0.25, 0.3) is 5.91 Å². The predicted molar refractivity (Wildman–Crippen MR) is 109 cm³/mol. The van der Waals surface area contributed by atoms with Crippen molar-refractivity contribution in [1.29, 1.82) is 0 Å². The van der Waals surface area contributed by atoms with E-state index >= 15 is 0 Å². The molecular weight excluding hydrogens is 396 g/mol. The monoisotopic (exact) mass is 420 g/mol. The van der Waals surface area contributed by atoms with Gasteiger partial charge in [-0.2, -0.15) is 0 Å². The average molecular weight is 420 g/mol. The number of ether oxygens (including phenoxy) is 2. The van der Waals surface area contributed by atoms with Crippen LogP contribution < -0.4 is 14.4 Å². The van der Waals surface area contributed by atoms with Crippen LogP contribution in [0, 0.1) is 6.92 Å². The molecule has 0 radical (unpaired) electrons. The zero-order valence-corrected chi connectivity index (χ0v) is 17.4. The van der Waals surface area contributed by atoms with E-state index in [0.29, 0.717) is 17.0 Å². The number of carbonyl (C=O) groups excluding carboxylic acids is 2. The van der Waals surface area contributed by atoms with Gasteiger partial charge >= 0.3 is 5.97 Å². The standard InChI is InChI=1S/C20H24N2O6S/c1-15-8-4-6-10-17(15)22(29(3,25)26)13-20(24)28-14-19(23)21-12-16-9-5-7-11-18(16)27-2/h4-11H,12-14H2,1-3H3,(H,21,23). The number of aryl methyl sites for hydroxylation is 1. The van der Waals surface area contributed by atoms with Crippen molar-refractivity contribution in [3.05, 3.63) is 59.7 Å². The fourth-order valence-corrected chi connectivity index (χ4v) is 3.53. The number of carbonyl (C=O) groups is 2. The molecule has 0 saturated carbocycles. The maximum absolute atomic E-state index is 12.1. The third-order valence-corrected chi connectivity index (χ3v) is 5.22. The van der Waals surface area contributed by atoms with Crippen LogP contribution >= 0.6 is 0 Å². The molecule has 1 N–H and O–H groups in total. The maximum Gasteiger partial charge on any atom is 0.327 e. The lowest BCUT2D eigenvalue weighted by molar-refractivity contribution is -0.147. The molecule has 0 saturated heterocycles. The first-order valence-corrected chi connectivity index (χ1v) is 10.6. The van der Waals surface area contributed by atoms with Crippen molar-refractivity contribution in [3.8, 4) is 5.75 Å². The first-order chi connectivity index (χ1) is 13.7. The van der Waals surface area contributed by atoms with E-state index in [9.17, 15) is 18.0 Å². The van der Waals surface area contributed by atoms with Crippen LogP contribution in [0.25, 0.3) is 0 Å². The van der Waals surface area contributed by atoms with E-state index in [2.05, 4.69) is 5.32 Å². The number of sulfonamides is 1. The molecule has 0 bridgehead atoms. The van der Waals surface area contributed by atoms with Crippen LogP contribution in [0.2, 0.25) is 0 Å². The zero-order valence-electron chi connectivity index (χ0n) is 16.5. The number of methoxy groups -OCH3 is 1. The van der Waals surface area contributed by atoms with Crippen molar-refractivity contribution in [2.24, 2.45) is 0 Å². The van der Waals surface area contributed by atoms with Gasteiger partial charge in [0.15, 0.2) is 6.61 Å². The second-order valence-corrected chi connectivity index (χ2v) is 8.21. The Morgan fingerprint density at radius 3 is 2.38 bits per heavy atom. The summed E-state index contributed by atoms with van der Waals surface area (Å²) in [7, 11) is -2.18. The Hall–Kier alpha value is -3.07. The lowest BCUT2D eigenvalue weighted by Crippen LogP contribution is -2.37. The summed E-state index contributed by atoms with van der Waals surface area (Å²) >= 11 is 0. The van der Waals surface area contributed by atoms with Crippen molar-refractivity contribution in [2.45, 2.75) is 13.5 Å².